The maximum Gasteiger partial charge on any atom is 0.434 e. The van der Waals surface area contributed by atoms with Gasteiger partial charge in [0.05, 0.1) is 17.8 Å². The van der Waals surface area contributed by atoms with E-state index in [1.54, 1.807) is 6.07 Å². The van der Waals surface area contributed by atoms with Crippen LogP contribution in [0.2, 0.25) is 0 Å². The fourth-order valence-electron chi connectivity index (χ4n) is 3.94. The van der Waals surface area contributed by atoms with Crippen LogP contribution in [0.3, 0.4) is 0 Å². The topological polar surface area (TPSA) is 105 Å². The summed E-state index contributed by atoms with van der Waals surface area (Å²) in [6, 6.07) is 1.66. The maximum atomic E-state index is 13.0. The standard InChI is InChI=1S/C18H14F3N7O2/c19-18(20,21)11-8-28-10(6-24-13(28)7-23-11)15-22-3-1-12(25-15)27-4-2-17(9-27)5-14(29)26-16(17)30/h1,3,6-8H,2,4-5,9H2,(H,26,29,30). The molecule has 3 aromatic rings. The van der Waals surface area contributed by atoms with E-state index in [2.05, 4.69) is 25.3 Å². The largest absolute Gasteiger partial charge is 0.434 e. The average Bonchev–Trinajstić information content (AvgIpc) is 3.38. The molecule has 1 unspecified atom stereocenters. The first kappa shape index (κ1) is 18.5. The summed E-state index contributed by atoms with van der Waals surface area (Å²) >= 11 is 0. The van der Waals surface area contributed by atoms with E-state index in [1.807, 2.05) is 4.90 Å². The van der Waals surface area contributed by atoms with Crippen LogP contribution < -0.4 is 10.2 Å². The molecule has 0 radical (unpaired) electrons. The summed E-state index contributed by atoms with van der Waals surface area (Å²) in [4.78, 5) is 41.8. The van der Waals surface area contributed by atoms with Crippen LogP contribution in [0.15, 0.2) is 30.9 Å². The van der Waals surface area contributed by atoms with Gasteiger partial charge in [0.15, 0.2) is 17.2 Å². The van der Waals surface area contributed by atoms with Gasteiger partial charge in [-0.1, -0.05) is 0 Å². The highest BCUT2D eigenvalue weighted by Gasteiger charge is 2.51. The molecule has 0 aromatic carbocycles. The van der Waals surface area contributed by atoms with Gasteiger partial charge in [0.25, 0.3) is 0 Å². The summed E-state index contributed by atoms with van der Waals surface area (Å²) in [5.41, 5.74) is -1.31. The van der Waals surface area contributed by atoms with Crippen molar-refractivity contribution in [1.82, 2.24) is 29.7 Å². The van der Waals surface area contributed by atoms with Crippen LogP contribution in [0, 0.1) is 5.41 Å². The zero-order valence-corrected chi connectivity index (χ0v) is 15.3. The molecule has 2 aliphatic rings. The Morgan fingerprint density at radius 2 is 1.97 bits per heavy atom. The van der Waals surface area contributed by atoms with Gasteiger partial charge in [0.2, 0.25) is 11.8 Å². The summed E-state index contributed by atoms with van der Waals surface area (Å²) in [6.45, 7) is 0.850. The van der Waals surface area contributed by atoms with Crippen LogP contribution in [0.4, 0.5) is 19.0 Å². The maximum absolute atomic E-state index is 13.0. The highest BCUT2D eigenvalue weighted by molar-refractivity contribution is 6.06. The molecule has 30 heavy (non-hydrogen) atoms. The second-order valence-corrected chi connectivity index (χ2v) is 7.39. The van der Waals surface area contributed by atoms with Crippen LogP contribution in [-0.2, 0) is 15.8 Å². The Balaban J connectivity index is 1.49. The lowest BCUT2D eigenvalue weighted by atomic mass is 9.85. The second kappa shape index (κ2) is 6.21. The van der Waals surface area contributed by atoms with Crippen LogP contribution in [0.1, 0.15) is 18.5 Å². The summed E-state index contributed by atoms with van der Waals surface area (Å²) in [6.07, 6.45) is 0.824. The van der Waals surface area contributed by atoms with E-state index < -0.39 is 17.3 Å². The van der Waals surface area contributed by atoms with Crippen molar-refractivity contribution in [1.29, 1.82) is 0 Å². The van der Waals surface area contributed by atoms with Gasteiger partial charge in [0.1, 0.15) is 11.5 Å². The molecule has 1 atom stereocenters. The Labute approximate surface area is 167 Å². The SMILES string of the molecule is O=C1CC2(CCN(c3ccnc(-c4cnc5cnc(C(F)(F)F)cn45)n3)C2)C(=O)N1. The van der Waals surface area contributed by atoms with E-state index in [4.69, 9.17) is 0 Å². The first-order chi connectivity index (χ1) is 14.2. The Morgan fingerprint density at radius 1 is 1.13 bits per heavy atom. The Hall–Kier alpha value is -3.57. The van der Waals surface area contributed by atoms with Crippen molar-refractivity contribution in [2.24, 2.45) is 5.41 Å². The third kappa shape index (κ3) is 2.86. The quantitative estimate of drug-likeness (QED) is 0.629. The fourth-order valence-corrected chi connectivity index (χ4v) is 3.94. The number of rotatable bonds is 2. The van der Waals surface area contributed by atoms with Crippen LogP contribution in [0.5, 0.6) is 0 Å². The number of imide groups is 1. The number of halogens is 3. The molecule has 154 valence electrons. The first-order valence-corrected chi connectivity index (χ1v) is 9.08. The van der Waals surface area contributed by atoms with Crippen molar-refractivity contribution in [3.05, 3.63) is 36.5 Å². The van der Waals surface area contributed by atoms with E-state index in [0.717, 1.165) is 12.4 Å². The van der Waals surface area contributed by atoms with Gasteiger partial charge in [-0.05, 0) is 12.5 Å². The number of fused-ring (bicyclic) bond motifs is 1. The van der Waals surface area contributed by atoms with Crippen molar-refractivity contribution in [3.8, 4) is 11.5 Å². The van der Waals surface area contributed by atoms with Crippen molar-refractivity contribution >= 4 is 23.3 Å². The van der Waals surface area contributed by atoms with Crippen molar-refractivity contribution in [3.63, 3.8) is 0 Å². The highest BCUT2D eigenvalue weighted by atomic mass is 19.4. The predicted octanol–water partition coefficient (Wildman–Crippen LogP) is 1.45. The molecule has 9 nitrogen and oxygen atoms in total. The fraction of sp³-hybridized carbons (Fsp3) is 0.333. The molecule has 1 spiro atoms. The van der Waals surface area contributed by atoms with Gasteiger partial charge in [-0.3, -0.25) is 19.3 Å². The van der Waals surface area contributed by atoms with Gasteiger partial charge in [-0.25, -0.2) is 19.9 Å². The number of alkyl halides is 3. The predicted molar refractivity (Wildman–Crippen MR) is 96.0 cm³/mol. The lowest BCUT2D eigenvalue weighted by Gasteiger charge is -2.21. The Bertz CT molecular complexity index is 1190. The van der Waals surface area contributed by atoms with Gasteiger partial charge in [-0.2, -0.15) is 13.2 Å². The minimum absolute atomic E-state index is 0.140. The minimum Gasteiger partial charge on any atom is -0.355 e. The number of amides is 2. The number of imidazole rings is 1. The molecule has 5 rings (SSSR count). The molecule has 2 fully saturated rings. The van der Waals surface area contributed by atoms with E-state index in [0.29, 0.717) is 25.3 Å². The van der Waals surface area contributed by atoms with E-state index in [9.17, 15) is 22.8 Å². The average molecular weight is 417 g/mol. The molecule has 2 amide bonds. The van der Waals surface area contributed by atoms with Gasteiger partial charge in [-0.15, -0.1) is 0 Å². The van der Waals surface area contributed by atoms with Crippen LogP contribution in [-0.4, -0.2) is 49.2 Å². The molecule has 1 N–H and O–H groups in total. The summed E-state index contributed by atoms with van der Waals surface area (Å²) in [5, 5.41) is 2.35. The third-order valence-corrected chi connectivity index (χ3v) is 5.47. The monoisotopic (exact) mass is 417 g/mol. The molecule has 5 heterocycles. The molecule has 0 bridgehead atoms. The lowest BCUT2D eigenvalue weighted by molar-refractivity contribution is -0.141. The third-order valence-electron chi connectivity index (χ3n) is 5.47. The normalized spacial score (nSPS) is 21.8. The lowest BCUT2D eigenvalue weighted by Crippen LogP contribution is -2.34. The van der Waals surface area contributed by atoms with Crippen LogP contribution in [0.25, 0.3) is 17.2 Å². The minimum atomic E-state index is -4.60. The Kier molecular flexibility index (Phi) is 3.82. The number of nitrogens with zero attached hydrogens (tertiary/aromatic N) is 6. The molecule has 0 aliphatic carbocycles. The zero-order chi connectivity index (χ0) is 21.1. The van der Waals surface area contributed by atoms with E-state index in [1.165, 1.54) is 16.8 Å². The van der Waals surface area contributed by atoms with Crippen molar-refractivity contribution in [2.45, 2.75) is 19.0 Å². The molecular formula is C18H14F3N7O2. The number of carbonyl (C=O) groups is 2. The highest BCUT2D eigenvalue weighted by Crippen LogP contribution is 2.39. The zero-order valence-electron chi connectivity index (χ0n) is 15.3. The van der Waals surface area contributed by atoms with E-state index in [-0.39, 0.29) is 35.4 Å². The number of aromatic nitrogens is 5. The molecule has 3 aromatic heterocycles. The van der Waals surface area contributed by atoms with Gasteiger partial charge >= 0.3 is 6.18 Å². The van der Waals surface area contributed by atoms with E-state index >= 15 is 0 Å². The second-order valence-electron chi connectivity index (χ2n) is 7.39. The smallest absolute Gasteiger partial charge is 0.355 e. The number of hydrogen-bond acceptors (Lipinski definition) is 7. The number of nitrogens with one attached hydrogen (secondary N) is 1. The number of anilines is 1. The van der Waals surface area contributed by atoms with Crippen molar-refractivity contribution < 1.29 is 22.8 Å². The van der Waals surface area contributed by atoms with Crippen LogP contribution >= 0.6 is 0 Å². The van der Waals surface area contributed by atoms with Gasteiger partial charge < -0.3 is 4.90 Å². The molecule has 0 saturated carbocycles. The first-order valence-electron chi connectivity index (χ1n) is 9.08. The van der Waals surface area contributed by atoms with Crippen molar-refractivity contribution in [2.75, 3.05) is 18.0 Å². The summed E-state index contributed by atoms with van der Waals surface area (Å²) in [7, 11) is 0. The molecule has 2 aliphatic heterocycles. The number of hydrogen-bond donors (Lipinski definition) is 1. The molecule has 2 saturated heterocycles. The number of carbonyl (C=O) groups excluding carboxylic acids is 2. The molecular weight excluding hydrogens is 403 g/mol. The van der Waals surface area contributed by atoms with Gasteiger partial charge in [0, 0.05) is 31.9 Å². The summed E-state index contributed by atoms with van der Waals surface area (Å²) < 4.78 is 40.4. The summed E-state index contributed by atoms with van der Waals surface area (Å²) in [5.74, 6) is 0.138. The Morgan fingerprint density at radius 3 is 2.70 bits per heavy atom. The molecule has 12 heteroatoms.